The number of ether oxygens (including phenoxy) is 1. The number of thiophene rings is 1. The van der Waals surface area contributed by atoms with Gasteiger partial charge in [-0.05, 0) is 23.6 Å². The van der Waals surface area contributed by atoms with Crippen LogP contribution in [0.2, 0.25) is 0 Å². The van der Waals surface area contributed by atoms with Crippen LogP contribution in [0.3, 0.4) is 0 Å². The maximum atomic E-state index is 11.6. The van der Waals surface area contributed by atoms with E-state index in [9.17, 15) is 4.79 Å². The van der Waals surface area contributed by atoms with E-state index in [1.165, 1.54) is 22.1 Å². The third-order valence-electron chi connectivity index (χ3n) is 4.06. The maximum absolute atomic E-state index is 11.6. The summed E-state index contributed by atoms with van der Waals surface area (Å²) in [5, 5.41) is 6.92. The Bertz CT molecular complexity index is 999. The molecule has 4 aromatic rings. The molecule has 0 radical (unpaired) electrons. The Morgan fingerprint density at radius 2 is 1.96 bits per heavy atom. The van der Waals surface area contributed by atoms with Crippen molar-refractivity contribution in [1.82, 2.24) is 9.78 Å². The first-order valence-corrected chi connectivity index (χ1v) is 8.55. The lowest BCUT2D eigenvalue weighted by atomic mass is 10.2. The number of benzene rings is 2. The van der Waals surface area contributed by atoms with Crippen molar-refractivity contribution in [1.29, 1.82) is 0 Å². The highest BCUT2D eigenvalue weighted by Gasteiger charge is 2.14. The summed E-state index contributed by atoms with van der Waals surface area (Å²) in [6.07, 6.45) is 0.191. The highest BCUT2D eigenvalue weighted by molar-refractivity contribution is 7.19. The third kappa shape index (κ3) is 2.67. The lowest BCUT2D eigenvalue weighted by Gasteiger charge is -2.00. The standard InChI is InChI=1S/C19H16N2O2S/c1-23-19(22)11-16-15-7-3-4-8-17(15)21(20-16)12-14-10-13-6-2-5-9-18(13)24-14/h2-10H,11-12H2,1H3. The normalized spacial score (nSPS) is 11.2. The number of carbonyl (C=O) groups is 1. The van der Waals surface area contributed by atoms with Gasteiger partial charge < -0.3 is 4.74 Å². The topological polar surface area (TPSA) is 44.1 Å². The number of para-hydroxylation sites is 1. The van der Waals surface area contributed by atoms with E-state index >= 15 is 0 Å². The molecule has 5 heteroatoms. The van der Waals surface area contributed by atoms with Crippen molar-refractivity contribution in [3.8, 4) is 0 Å². The van der Waals surface area contributed by atoms with Gasteiger partial charge >= 0.3 is 5.97 Å². The number of rotatable bonds is 4. The van der Waals surface area contributed by atoms with Crippen molar-refractivity contribution in [2.24, 2.45) is 0 Å². The molecule has 0 amide bonds. The second-order valence-electron chi connectivity index (χ2n) is 5.62. The molecule has 2 heterocycles. The first-order valence-electron chi connectivity index (χ1n) is 7.73. The van der Waals surface area contributed by atoms with Gasteiger partial charge in [0.05, 0.1) is 31.3 Å². The number of esters is 1. The van der Waals surface area contributed by atoms with E-state index in [-0.39, 0.29) is 12.4 Å². The quantitative estimate of drug-likeness (QED) is 0.529. The molecule has 4 nitrogen and oxygen atoms in total. The lowest BCUT2D eigenvalue weighted by Crippen LogP contribution is -2.06. The van der Waals surface area contributed by atoms with E-state index in [0.29, 0.717) is 6.54 Å². The second kappa shape index (κ2) is 6.09. The van der Waals surface area contributed by atoms with Gasteiger partial charge in [0.25, 0.3) is 0 Å². The Morgan fingerprint density at radius 3 is 2.79 bits per heavy atom. The number of fused-ring (bicyclic) bond motifs is 2. The van der Waals surface area contributed by atoms with Crippen molar-refractivity contribution in [2.45, 2.75) is 13.0 Å². The van der Waals surface area contributed by atoms with Gasteiger partial charge in [0, 0.05) is 15.0 Å². The number of hydrogen-bond donors (Lipinski definition) is 0. The van der Waals surface area contributed by atoms with Gasteiger partial charge in [0.2, 0.25) is 0 Å². The number of nitrogens with zero attached hydrogens (tertiary/aromatic N) is 2. The average molecular weight is 336 g/mol. The third-order valence-corrected chi connectivity index (χ3v) is 5.16. The van der Waals surface area contributed by atoms with Crippen LogP contribution in [0, 0.1) is 0 Å². The Balaban J connectivity index is 1.74. The molecule has 0 spiro atoms. The van der Waals surface area contributed by atoms with Crippen molar-refractivity contribution in [2.75, 3.05) is 7.11 Å². The molecule has 0 aliphatic carbocycles. The number of aromatic nitrogens is 2. The predicted molar refractivity (Wildman–Crippen MR) is 96.4 cm³/mol. The van der Waals surface area contributed by atoms with Crippen molar-refractivity contribution < 1.29 is 9.53 Å². The molecule has 0 atom stereocenters. The van der Waals surface area contributed by atoms with E-state index in [1.807, 2.05) is 28.9 Å². The number of methoxy groups -OCH3 is 1. The Hall–Kier alpha value is -2.66. The molecule has 0 saturated heterocycles. The first-order chi connectivity index (χ1) is 11.7. The summed E-state index contributed by atoms with van der Waals surface area (Å²) in [5.41, 5.74) is 1.80. The van der Waals surface area contributed by atoms with Gasteiger partial charge in [-0.3, -0.25) is 9.48 Å². The predicted octanol–water partition coefficient (Wildman–Crippen LogP) is 4.01. The Kier molecular flexibility index (Phi) is 3.78. The molecule has 4 rings (SSSR count). The van der Waals surface area contributed by atoms with Gasteiger partial charge in [0.15, 0.2) is 0 Å². The molecule has 2 aromatic carbocycles. The highest BCUT2D eigenvalue weighted by Crippen LogP contribution is 2.27. The van der Waals surface area contributed by atoms with Crippen LogP contribution >= 0.6 is 11.3 Å². The Morgan fingerprint density at radius 1 is 1.17 bits per heavy atom. The molecule has 2 aromatic heterocycles. The van der Waals surface area contributed by atoms with Crippen molar-refractivity contribution >= 4 is 38.3 Å². The molecule has 0 N–H and O–H groups in total. The summed E-state index contributed by atoms with van der Waals surface area (Å²) in [6, 6.07) is 18.6. The molecule has 24 heavy (non-hydrogen) atoms. The van der Waals surface area contributed by atoms with E-state index in [0.717, 1.165) is 16.6 Å². The van der Waals surface area contributed by atoms with Crippen molar-refractivity contribution in [3.63, 3.8) is 0 Å². The average Bonchev–Trinajstić information content (AvgIpc) is 3.16. The molecular formula is C19H16N2O2S. The SMILES string of the molecule is COC(=O)Cc1nn(Cc2cc3ccccc3s2)c2ccccc12. The summed E-state index contributed by atoms with van der Waals surface area (Å²) in [5.74, 6) is -0.271. The fraction of sp³-hybridized carbons (Fsp3) is 0.158. The minimum atomic E-state index is -0.271. The monoisotopic (exact) mass is 336 g/mol. The van der Waals surface area contributed by atoms with Crippen LogP contribution in [0.4, 0.5) is 0 Å². The molecule has 120 valence electrons. The van der Waals surface area contributed by atoms with Crippen LogP contribution in [0.5, 0.6) is 0 Å². The van der Waals surface area contributed by atoms with Crippen LogP contribution in [-0.2, 0) is 22.5 Å². The summed E-state index contributed by atoms with van der Waals surface area (Å²) in [4.78, 5) is 12.9. The zero-order valence-electron chi connectivity index (χ0n) is 13.2. The minimum absolute atomic E-state index is 0.191. The number of carbonyl (C=O) groups excluding carboxylic acids is 1. The van der Waals surface area contributed by atoms with Crippen LogP contribution in [0.15, 0.2) is 54.6 Å². The van der Waals surface area contributed by atoms with Crippen LogP contribution in [0.1, 0.15) is 10.6 Å². The van der Waals surface area contributed by atoms with E-state index in [2.05, 4.69) is 35.4 Å². The van der Waals surface area contributed by atoms with Crippen LogP contribution in [0.25, 0.3) is 21.0 Å². The molecule has 0 bridgehead atoms. The molecule has 0 aliphatic heterocycles. The van der Waals surface area contributed by atoms with E-state index in [1.54, 1.807) is 11.3 Å². The largest absolute Gasteiger partial charge is 0.469 e. The van der Waals surface area contributed by atoms with Gasteiger partial charge in [-0.15, -0.1) is 11.3 Å². The van der Waals surface area contributed by atoms with Crippen molar-refractivity contribution in [3.05, 3.63) is 65.2 Å². The van der Waals surface area contributed by atoms with Gasteiger partial charge in [0.1, 0.15) is 0 Å². The molecular weight excluding hydrogens is 320 g/mol. The van der Waals surface area contributed by atoms with E-state index < -0.39 is 0 Å². The molecule has 0 fully saturated rings. The fourth-order valence-electron chi connectivity index (χ4n) is 2.92. The van der Waals surface area contributed by atoms with E-state index in [4.69, 9.17) is 4.74 Å². The van der Waals surface area contributed by atoms with Gasteiger partial charge in [-0.1, -0.05) is 36.4 Å². The fourth-order valence-corrected chi connectivity index (χ4v) is 3.97. The van der Waals surface area contributed by atoms with Crippen LogP contribution in [-0.4, -0.2) is 22.9 Å². The zero-order valence-corrected chi connectivity index (χ0v) is 14.0. The minimum Gasteiger partial charge on any atom is -0.469 e. The number of hydrogen-bond acceptors (Lipinski definition) is 4. The van der Waals surface area contributed by atoms with Gasteiger partial charge in [-0.2, -0.15) is 5.10 Å². The summed E-state index contributed by atoms with van der Waals surface area (Å²) < 4.78 is 8.03. The zero-order chi connectivity index (χ0) is 16.5. The Labute approximate surface area is 143 Å². The van der Waals surface area contributed by atoms with Gasteiger partial charge in [-0.25, -0.2) is 0 Å². The smallest absolute Gasteiger partial charge is 0.311 e. The maximum Gasteiger partial charge on any atom is 0.311 e. The molecule has 0 unspecified atom stereocenters. The summed E-state index contributed by atoms with van der Waals surface area (Å²) >= 11 is 1.78. The first kappa shape index (κ1) is 14.9. The molecule has 0 aliphatic rings. The highest BCUT2D eigenvalue weighted by atomic mass is 32.1. The second-order valence-corrected chi connectivity index (χ2v) is 6.79. The molecule has 0 saturated carbocycles. The lowest BCUT2D eigenvalue weighted by molar-refractivity contribution is -0.139. The summed E-state index contributed by atoms with van der Waals surface area (Å²) in [7, 11) is 1.40. The summed E-state index contributed by atoms with van der Waals surface area (Å²) in [6.45, 7) is 0.695. The van der Waals surface area contributed by atoms with Crippen LogP contribution < -0.4 is 0 Å².